The van der Waals surface area contributed by atoms with Crippen molar-refractivity contribution in [3.05, 3.63) is 0 Å². The molecule has 0 atom stereocenters. The molecule has 0 unspecified atom stereocenters. The molecule has 2 nitrogen and oxygen atoms in total. The molecule has 0 radical (unpaired) electrons. The summed E-state index contributed by atoms with van der Waals surface area (Å²) in [7, 11) is 0. The molecule has 0 amide bonds. The Labute approximate surface area is 35.4 Å². The van der Waals surface area contributed by atoms with Gasteiger partial charge in [0.05, 0.1) is 0 Å². The molecule has 0 heterocycles. The SMILES string of the molecule is O=C=O.[LiH]. The van der Waals surface area contributed by atoms with Crippen molar-refractivity contribution >= 4 is 25.0 Å². The van der Waals surface area contributed by atoms with Crippen LogP contribution in [0.15, 0.2) is 0 Å². The van der Waals surface area contributed by atoms with E-state index in [-0.39, 0.29) is 25.0 Å². The zero-order valence-electron chi connectivity index (χ0n) is 1.32. The zero-order valence-corrected chi connectivity index (χ0v) is 1.32. The summed E-state index contributed by atoms with van der Waals surface area (Å²) in [6.07, 6.45) is 0.250. The van der Waals surface area contributed by atoms with Crippen LogP contribution >= 0.6 is 0 Å². The summed E-state index contributed by atoms with van der Waals surface area (Å²) in [5.41, 5.74) is 0. The van der Waals surface area contributed by atoms with Gasteiger partial charge in [0, 0.05) is 0 Å². The van der Waals surface area contributed by atoms with Crippen molar-refractivity contribution < 1.29 is 9.59 Å². The maximum absolute atomic E-state index is 8.12. The zero-order chi connectivity index (χ0) is 2.71. The van der Waals surface area contributed by atoms with Crippen LogP contribution in [0.4, 0.5) is 0 Å². The average molecular weight is 52.0 g/mol. The first-order chi connectivity index (χ1) is 1.41. The van der Waals surface area contributed by atoms with Gasteiger partial charge in [-0.25, -0.2) is 0 Å². The van der Waals surface area contributed by atoms with Gasteiger partial charge >= 0.3 is 25.0 Å². The second kappa shape index (κ2) is 12.2. The molecule has 0 aliphatic rings. The molecular formula is CHLiO2. The summed E-state index contributed by atoms with van der Waals surface area (Å²) >= 11 is 0. The molecule has 3 heteroatoms. The molecule has 4 heavy (non-hydrogen) atoms. The minimum atomic E-state index is 0. The Hall–Kier alpha value is -0.0226. The number of hydrogen-bond acceptors (Lipinski definition) is 2. The van der Waals surface area contributed by atoms with Crippen molar-refractivity contribution in [1.29, 1.82) is 0 Å². The van der Waals surface area contributed by atoms with E-state index in [1.165, 1.54) is 0 Å². The van der Waals surface area contributed by atoms with Crippen LogP contribution in [0, 0.1) is 0 Å². The molecule has 0 aliphatic carbocycles. The molecule has 0 aromatic heterocycles. The molecule has 0 bridgehead atoms. The van der Waals surface area contributed by atoms with Crippen LogP contribution in [0.3, 0.4) is 0 Å². The van der Waals surface area contributed by atoms with Crippen LogP contribution < -0.4 is 0 Å². The first-order valence-corrected chi connectivity index (χ1v) is 0.408. The summed E-state index contributed by atoms with van der Waals surface area (Å²) in [6, 6.07) is 0. The molecule has 0 saturated carbocycles. The quantitative estimate of drug-likeness (QED) is 0.323. The van der Waals surface area contributed by atoms with E-state index in [0.717, 1.165) is 0 Å². The Balaban J connectivity index is 0. The van der Waals surface area contributed by atoms with Crippen LogP contribution in [0.2, 0.25) is 0 Å². The van der Waals surface area contributed by atoms with Gasteiger partial charge in [-0.3, -0.25) is 0 Å². The minimum absolute atomic E-state index is 0. The Morgan fingerprint density at radius 3 is 1.25 bits per heavy atom. The third kappa shape index (κ3) is 3700. The number of rotatable bonds is 0. The molecule has 0 aromatic carbocycles. The van der Waals surface area contributed by atoms with Gasteiger partial charge in [-0.1, -0.05) is 0 Å². The first kappa shape index (κ1) is 9.02. The number of carbonyl (C=O) groups excluding carboxylic acids is 2. The van der Waals surface area contributed by atoms with Crippen molar-refractivity contribution in [1.82, 2.24) is 0 Å². The van der Waals surface area contributed by atoms with Crippen molar-refractivity contribution in [3.63, 3.8) is 0 Å². The molecule has 0 fully saturated rings. The fourth-order valence-corrected chi connectivity index (χ4v) is 0. The molecule has 18 valence electrons. The van der Waals surface area contributed by atoms with Gasteiger partial charge in [-0.2, -0.15) is 9.59 Å². The molecule has 0 aliphatic heterocycles. The van der Waals surface area contributed by atoms with E-state index in [9.17, 15) is 0 Å². The van der Waals surface area contributed by atoms with Crippen LogP contribution in [0.1, 0.15) is 0 Å². The van der Waals surface area contributed by atoms with Crippen LogP contribution in [0.25, 0.3) is 0 Å². The van der Waals surface area contributed by atoms with E-state index in [1.54, 1.807) is 0 Å². The first-order valence-electron chi connectivity index (χ1n) is 0.408. The topological polar surface area (TPSA) is 34.1 Å². The van der Waals surface area contributed by atoms with Crippen molar-refractivity contribution in [2.75, 3.05) is 0 Å². The van der Waals surface area contributed by atoms with E-state index >= 15 is 0 Å². The molecule has 0 saturated heterocycles. The van der Waals surface area contributed by atoms with Gasteiger partial charge in [-0.05, 0) is 0 Å². The Morgan fingerprint density at radius 2 is 1.25 bits per heavy atom. The van der Waals surface area contributed by atoms with Gasteiger partial charge in [0.25, 0.3) is 0 Å². The summed E-state index contributed by atoms with van der Waals surface area (Å²) in [4.78, 5) is 16.2. The van der Waals surface area contributed by atoms with Gasteiger partial charge in [0.15, 0.2) is 0 Å². The summed E-state index contributed by atoms with van der Waals surface area (Å²) < 4.78 is 0. The normalized spacial score (nSPS) is 2.00. The molecule has 0 aromatic rings. The fourth-order valence-electron chi connectivity index (χ4n) is 0. The van der Waals surface area contributed by atoms with Gasteiger partial charge < -0.3 is 0 Å². The maximum atomic E-state index is 8.12. The predicted molar refractivity (Wildman–Crippen MR) is 12.2 cm³/mol. The second-order valence-electron chi connectivity index (χ2n) is 0.0833. The van der Waals surface area contributed by atoms with E-state index in [1.807, 2.05) is 0 Å². The molecule has 0 rings (SSSR count). The fraction of sp³-hybridized carbons (Fsp3) is 0. The van der Waals surface area contributed by atoms with Crippen LogP contribution in [0.5, 0.6) is 0 Å². The Morgan fingerprint density at radius 1 is 1.25 bits per heavy atom. The summed E-state index contributed by atoms with van der Waals surface area (Å²) in [6.45, 7) is 0. The van der Waals surface area contributed by atoms with Crippen LogP contribution in [-0.4, -0.2) is 25.0 Å². The van der Waals surface area contributed by atoms with E-state index in [0.29, 0.717) is 0 Å². The third-order valence-electron chi connectivity index (χ3n) is 0. The van der Waals surface area contributed by atoms with Crippen LogP contribution in [-0.2, 0) is 9.59 Å². The predicted octanol–water partition coefficient (Wildman–Crippen LogP) is -1.23. The van der Waals surface area contributed by atoms with E-state index in [4.69, 9.17) is 9.59 Å². The van der Waals surface area contributed by atoms with E-state index < -0.39 is 0 Å². The monoisotopic (exact) mass is 52.0 g/mol. The molecule has 0 spiro atoms. The number of hydrogen-bond donors (Lipinski definition) is 0. The standard InChI is InChI=1S/CO2.Li.H/c2-1-3;;. The molecule has 0 N–H and O–H groups in total. The second-order valence-corrected chi connectivity index (χ2v) is 0.0833. The Bertz CT molecular complexity index is 27.0. The average Bonchev–Trinajstić information content (AvgIpc) is 0.918. The van der Waals surface area contributed by atoms with E-state index in [2.05, 4.69) is 0 Å². The third-order valence-corrected chi connectivity index (χ3v) is 0. The van der Waals surface area contributed by atoms with Gasteiger partial charge in [0.1, 0.15) is 0 Å². The van der Waals surface area contributed by atoms with Crippen molar-refractivity contribution in [2.45, 2.75) is 0 Å². The summed E-state index contributed by atoms with van der Waals surface area (Å²) in [5.74, 6) is 0. The van der Waals surface area contributed by atoms with Gasteiger partial charge in [-0.15, -0.1) is 0 Å². The van der Waals surface area contributed by atoms with Crippen molar-refractivity contribution in [2.24, 2.45) is 0 Å². The molecular weight excluding hydrogens is 51.0 g/mol. The van der Waals surface area contributed by atoms with Gasteiger partial charge in [0.2, 0.25) is 0 Å². The summed E-state index contributed by atoms with van der Waals surface area (Å²) in [5, 5.41) is 0. The Kier molecular flexibility index (Phi) is 27.5. The van der Waals surface area contributed by atoms with Crippen molar-refractivity contribution in [3.8, 4) is 0 Å².